The molecule has 0 saturated carbocycles. The predicted molar refractivity (Wildman–Crippen MR) is 62.0 cm³/mol. The van der Waals surface area contributed by atoms with E-state index in [-0.39, 0.29) is 0 Å². The second-order valence-electron chi connectivity index (χ2n) is 2.67. The minimum atomic E-state index is -1.20. The molecule has 0 N–H and O–H groups in total. The highest BCUT2D eigenvalue weighted by atomic mass is 79.9. The Labute approximate surface area is 95.0 Å². The summed E-state index contributed by atoms with van der Waals surface area (Å²) >= 11 is 3.34. The van der Waals surface area contributed by atoms with E-state index in [9.17, 15) is 4.21 Å². The zero-order chi connectivity index (χ0) is 10.6. The Balaban J connectivity index is 2.91. The topological polar surface area (TPSA) is 20.3 Å². The molecular formula is C10H10BrNOS. The van der Waals surface area contributed by atoms with Crippen molar-refractivity contribution in [1.82, 2.24) is 4.31 Å². The molecule has 1 rings (SSSR count). The molecule has 14 heavy (non-hydrogen) atoms. The van der Waals surface area contributed by atoms with Gasteiger partial charge in [-0.2, -0.15) is 0 Å². The first-order valence-corrected chi connectivity index (χ1v) is 5.88. The zero-order valence-corrected chi connectivity index (χ0v) is 10.1. The van der Waals surface area contributed by atoms with Crippen molar-refractivity contribution in [2.45, 2.75) is 4.90 Å². The first-order valence-electron chi connectivity index (χ1n) is 3.98. The summed E-state index contributed by atoms with van der Waals surface area (Å²) in [5.74, 6) is 2.46. The fraction of sp³-hybridized carbons (Fsp3) is 0.200. The van der Waals surface area contributed by atoms with Crippen LogP contribution in [0.25, 0.3) is 0 Å². The molecule has 0 amide bonds. The largest absolute Gasteiger partial charge is 0.237 e. The van der Waals surface area contributed by atoms with Crippen LogP contribution in [0.5, 0.6) is 0 Å². The average molecular weight is 272 g/mol. The molecule has 0 aliphatic carbocycles. The van der Waals surface area contributed by atoms with Crippen molar-refractivity contribution < 1.29 is 4.21 Å². The second kappa shape index (κ2) is 5.30. The van der Waals surface area contributed by atoms with Gasteiger partial charge >= 0.3 is 0 Å². The van der Waals surface area contributed by atoms with Crippen molar-refractivity contribution in [1.29, 1.82) is 0 Å². The standard InChI is InChI=1S/C10H10BrNOS/c1-3-8-12(2)14(13)10-7-5-4-6-9(10)11/h1,4-7H,8H2,2H3. The Hall–Kier alpha value is -0.630. The van der Waals surface area contributed by atoms with Crippen LogP contribution in [0.1, 0.15) is 0 Å². The number of nitrogens with zero attached hydrogens (tertiary/aromatic N) is 1. The Morgan fingerprint density at radius 1 is 1.57 bits per heavy atom. The SMILES string of the molecule is C#CCN(C)S(=O)c1ccccc1Br. The van der Waals surface area contributed by atoms with Gasteiger partial charge in [0.15, 0.2) is 0 Å². The molecule has 0 spiro atoms. The number of hydrogen-bond acceptors (Lipinski definition) is 1. The van der Waals surface area contributed by atoms with Crippen LogP contribution in [0.3, 0.4) is 0 Å². The minimum absolute atomic E-state index is 0.369. The molecule has 0 fully saturated rings. The van der Waals surface area contributed by atoms with E-state index in [0.29, 0.717) is 6.54 Å². The summed E-state index contributed by atoms with van der Waals surface area (Å²) in [6, 6.07) is 7.40. The molecule has 0 radical (unpaired) electrons. The summed E-state index contributed by atoms with van der Waals surface area (Å²) < 4.78 is 14.3. The molecule has 0 saturated heterocycles. The summed E-state index contributed by atoms with van der Waals surface area (Å²) in [5, 5.41) is 0. The molecule has 2 nitrogen and oxygen atoms in total. The Bertz CT molecular complexity index is 386. The summed E-state index contributed by atoms with van der Waals surface area (Å²) in [7, 11) is 0.536. The van der Waals surface area contributed by atoms with Gasteiger partial charge in [0, 0.05) is 11.5 Å². The summed E-state index contributed by atoms with van der Waals surface area (Å²) in [6.45, 7) is 0.369. The first kappa shape index (κ1) is 11.4. The van der Waals surface area contributed by atoms with Gasteiger partial charge < -0.3 is 0 Å². The van der Waals surface area contributed by atoms with Crippen molar-refractivity contribution in [3.63, 3.8) is 0 Å². The quantitative estimate of drug-likeness (QED) is 0.771. The van der Waals surface area contributed by atoms with Crippen LogP contribution in [0.15, 0.2) is 33.6 Å². The van der Waals surface area contributed by atoms with Crippen molar-refractivity contribution in [3.8, 4) is 12.3 Å². The van der Waals surface area contributed by atoms with E-state index in [4.69, 9.17) is 6.42 Å². The van der Waals surface area contributed by atoms with E-state index in [1.54, 1.807) is 11.4 Å². The highest BCUT2D eigenvalue weighted by molar-refractivity contribution is 9.10. The maximum atomic E-state index is 11.9. The molecular weight excluding hydrogens is 262 g/mol. The van der Waals surface area contributed by atoms with Gasteiger partial charge in [-0.1, -0.05) is 18.1 Å². The molecule has 1 aromatic rings. The fourth-order valence-corrected chi connectivity index (χ4v) is 2.60. The lowest BCUT2D eigenvalue weighted by molar-refractivity contribution is 0.574. The highest BCUT2D eigenvalue weighted by Gasteiger charge is 2.11. The minimum Gasteiger partial charge on any atom is -0.237 e. The number of rotatable bonds is 3. The van der Waals surface area contributed by atoms with Gasteiger partial charge in [0.05, 0.1) is 11.4 Å². The monoisotopic (exact) mass is 271 g/mol. The van der Waals surface area contributed by atoms with Gasteiger partial charge in [-0.15, -0.1) is 6.42 Å². The molecule has 0 aromatic heterocycles. The van der Waals surface area contributed by atoms with Crippen LogP contribution >= 0.6 is 15.9 Å². The van der Waals surface area contributed by atoms with Gasteiger partial charge in [-0.25, -0.2) is 8.51 Å². The van der Waals surface area contributed by atoms with E-state index < -0.39 is 11.0 Å². The second-order valence-corrected chi connectivity index (χ2v) is 5.09. The predicted octanol–water partition coefficient (Wildman–Crippen LogP) is 2.04. The number of benzene rings is 1. The lowest BCUT2D eigenvalue weighted by Crippen LogP contribution is -2.21. The van der Waals surface area contributed by atoms with Crippen molar-refractivity contribution >= 4 is 26.9 Å². The Morgan fingerprint density at radius 2 is 2.21 bits per heavy atom. The van der Waals surface area contributed by atoms with Crippen molar-refractivity contribution in [2.24, 2.45) is 0 Å². The lowest BCUT2D eigenvalue weighted by Gasteiger charge is -2.13. The molecule has 1 unspecified atom stereocenters. The summed E-state index contributed by atoms with van der Waals surface area (Å²) in [5.41, 5.74) is 0. The van der Waals surface area contributed by atoms with Gasteiger partial charge in [0.2, 0.25) is 0 Å². The number of hydrogen-bond donors (Lipinski definition) is 0. The van der Waals surface area contributed by atoms with Crippen LogP contribution in [0.2, 0.25) is 0 Å². The van der Waals surface area contributed by atoms with Crippen molar-refractivity contribution in [3.05, 3.63) is 28.7 Å². The van der Waals surface area contributed by atoms with Gasteiger partial charge in [-0.05, 0) is 28.1 Å². The van der Waals surface area contributed by atoms with E-state index in [1.807, 2.05) is 24.3 Å². The third-order valence-electron chi connectivity index (χ3n) is 1.62. The molecule has 1 aromatic carbocycles. The third kappa shape index (κ3) is 2.68. The molecule has 0 aliphatic rings. The zero-order valence-electron chi connectivity index (χ0n) is 7.74. The molecule has 1 atom stereocenters. The van der Waals surface area contributed by atoms with E-state index in [1.165, 1.54) is 0 Å². The first-order chi connectivity index (χ1) is 6.66. The van der Waals surface area contributed by atoms with Crippen LogP contribution in [0, 0.1) is 12.3 Å². The van der Waals surface area contributed by atoms with Crippen LogP contribution in [0.4, 0.5) is 0 Å². The lowest BCUT2D eigenvalue weighted by atomic mass is 10.4. The molecule has 74 valence electrons. The number of terminal acetylenes is 1. The van der Waals surface area contributed by atoms with Crippen LogP contribution in [-0.2, 0) is 11.0 Å². The average Bonchev–Trinajstić information content (AvgIpc) is 2.18. The van der Waals surface area contributed by atoms with E-state index in [2.05, 4.69) is 21.9 Å². The Kier molecular flexibility index (Phi) is 4.33. The maximum absolute atomic E-state index is 11.9. The van der Waals surface area contributed by atoms with E-state index >= 15 is 0 Å². The third-order valence-corrected chi connectivity index (χ3v) is 4.00. The maximum Gasteiger partial charge on any atom is 0.129 e. The Morgan fingerprint density at radius 3 is 2.79 bits per heavy atom. The van der Waals surface area contributed by atoms with Crippen LogP contribution < -0.4 is 0 Å². The molecule has 0 heterocycles. The highest BCUT2D eigenvalue weighted by Crippen LogP contribution is 2.20. The molecule has 4 heteroatoms. The van der Waals surface area contributed by atoms with Crippen molar-refractivity contribution in [2.75, 3.05) is 13.6 Å². The van der Waals surface area contributed by atoms with Crippen LogP contribution in [-0.4, -0.2) is 22.1 Å². The normalized spacial score (nSPS) is 12.4. The van der Waals surface area contributed by atoms with Gasteiger partial charge in [-0.3, -0.25) is 0 Å². The molecule has 0 bridgehead atoms. The summed E-state index contributed by atoms with van der Waals surface area (Å²) in [6.07, 6.45) is 5.15. The smallest absolute Gasteiger partial charge is 0.129 e. The van der Waals surface area contributed by atoms with E-state index in [0.717, 1.165) is 9.37 Å². The molecule has 0 aliphatic heterocycles. The summed E-state index contributed by atoms with van der Waals surface area (Å²) in [4.78, 5) is 0.741. The van der Waals surface area contributed by atoms with Gasteiger partial charge in [0.1, 0.15) is 11.0 Å². The number of halogens is 1. The van der Waals surface area contributed by atoms with Gasteiger partial charge in [0.25, 0.3) is 0 Å². The fourth-order valence-electron chi connectivity index (χ4n) is 0.941.